The summed E-state index contributed by atoms with van der Waals surface area (Å²) < 4.78 is 5.51. The fraction of sp³-hybridized carbons (Fsp3) is 0.467. The molecule has 0 spiro atoms. The van der Waals surface area contributed by atoms with Gasteiger partial charge < -0.3 is 36.0 Å². The topological polar surface area (TPSA) is 149 Å². The minimum absolute atomic E-state index is 0.00256. The molecule has 2 aliphatic heterocycles. The summed E-state index contributed by atoms with van der Waals surface area (Å²) in [4.78, 5) is 52.2. The number of rotatable bonds is 9. The summed E-state index contributed by atoms with van der Waals surface area (Å²) >= 11 is 0. The molecular weight excluding hydrogens is 526 g/mol. The number of hydrogen-bond donors (Lipinski definition) is 5. The highest BCUT2D eigenvalue weighted by Gasteiger charge is 2.34. The van der Waals surface area contributed by atoms with E-state index in [1.807, 2.05) is 31.2 Å². The van der Waals surface area contributed by atoms with Gasteiger partial charge in [0.05, 0.1) is 24.8 Å². The quantitative estimate of drug-likeness (QED) is 0.312. The third-order valence-electron chi connectivity index (χ3n) is 7.90. The van der Waals surface area contributed by atoms with Gasteiger partial charge in [0.25, 0.3) is 0 Å². The Morgan fingerprint density at radius 1 is 1.00 bits per heavy atom. The van der Waals surface area contributed by atoms with Gasteiger partial charge in [-0.2, -0.15) is 0 Å². The maximum absolute atomic E-state index is 13.6. The average Bonchev–Trinajstić information content (AvgIpc) is 2.98. The number of carbonyl (C=O) groups is 4. The summed E-state index contributed by atoms with van der Waals surface area (Å²) in [6, 6.07) is 11.2. The maximum Gasteiger partial charge on any atom is 0.323 e. The third-order valence-corrected chi connectivity index (χ3v) is 7.90. The first-order valence-electron chi connectivity index (χ1n) is 14.1. The molecule has 41 heavy (non-hydrogen) atoms. The Labute approximate surface area is 240 Å². The number of ketones is 1. The van der Waals surface area contributed by atoms with Crippen molar-refractivity contribution < 1.29 is 29.0 Å². The van der Waals surface area contributed by atoms with Crippen LogP contribution in [0.4, 0.5) is 21.0 Å². The highest BCUT2D eigenvalue weighted by atomic mass is 16.5. The van der Waals surface area contributed by atoms with Crippen molar-refractivity contribution in [2.45, 2.75) is 45.1 Å². The van der Waals surface area contributed by atoms with E-state index < -0.39 is 24.0 Å². The number of ether oxygens (including phenoxy) is 1. The smallest absolute Gasteiger partial charge is 0.323 e. The number of hydrogen-bond acceptors (Lipinski definition) is 6. The van der Waals surface area contributed by atoms with Crippen molar-refractivity contribution in [2.24, 2.45) is 11.8 Å². The molecule has 2 fully saturated rings. The zero-order chi connectivity index (χ0) is 29.4. The number of amides is 4. The van der Waals surface area contributed by atoms with E-state index in [1.165, 1.54) is 7.11 Å². The molecular formula is C30H39N5O6. The van der Waals surface area contributed by atoms with E-state index >= 15 is 0 Å². The number of Topliss-reactive ketones (excluding diaryl/α,β-unsaturated/α-hetero) is 1. The molecule has 0 aliphatic carbocycles. The Kier molecular flexibility index (Phi) is 10.2. The number of aliphatic carboxylic acids is 1. The lowest BCUT2D eigenvalue weighted by atomic mass is 9.86. The van der Waals surface area contributed by atoms with Crippen molar-refractivity contribution in [1.82, 2.24) is 15.5 Å². The third kappa shape index (κ3) is 7.97. The van der Waals surface area contributed by atoms with Gasteiger partial charge in [0.2, 0.25) is 0 Å². The van der Waals surface area contributed by atoms with E-state index in [-0.39, 0.29) is 24.2 Å². The van der Waals surface area contributed by atoms with Crippen LogP contribution in [0, 0.1) is 18.8 Å². The van der Waals surface area contributed by atoms with Crippen LogP contribution < -0.4 is 26.0 Å². The second-order valence-corrected chi connectivity index (χ2v) is 10.7. The van der Waals surface area contributed by atoms with Gasteiger partial charge >= 0.3 is 18.0 Å². The Balaban J connectivity index is 1.42. The number of methoxy groups -OCH3 is 1. The van der Waals surface area contributed by atoms with Gasteiger partial charge in [-0.1, -0.05) is 24.3 Å². The Hall–Kier alpha value is -4.12. The van der Waals surface area contributed by atoms with Crippen molar-refractivity contribution in [3.63, 3.8) is 0 Å². The van der Waals surface area contributed by atoms with Crippen LogP contribution in [0.1, 0.15) is 36.8 Å². The van der Waals surface area contributed by atoms with E-state index in [2.05, 4.69) is 21.3 Å². The number of para-hydroxylation sites is 1. The van der Waals surface area contributed by atoms with Crippen LogP contribution in [0.5, 0.6) is 5.75 Å². The van der Waals surface area contributed by atoms with Crippen LogP contribution in [-0.2, 0) is 16.0 Å². The first-order chi connectivity index (χ1) is 19.7. The first-order valence-corrected chi connectivity index (χ1v) is 14.1. The van der Waals surface area contributed by atoms with Crippen molar-refractivity contribution in [2.75, 3.05) is 43.9 Å². The number of piperidine rings is 2. The minimum Gasteiger partial charge on any atom is -0.495 e. The number of carboxylic acid groups (broad SMARTS) is 1. The summed E-state index contributed by atoms with van der Waals surface area (Å²) in [6.45, 7) is 4.14. The highest BCUT2D eigenvalue weighted by molar-refractivity contribution is 6.01. The van der Waals surface area contributed by atoms with Crippen LogP contribution >= 0.6 is 0 Å². The molecule has 0 saturated carbocycles. The van der Waals surface area contributed by atoms with E-state index in [4.69, 9.17) is 4.74 Å². The number of aryl methyl sites for hydroxylation is 1. The van der Waals surface area contributed by atoms with E-state index in [9.17, 15) is 24.3 Å². The van der Waals surface area contributed by atoms with E-state index in [0.717, 1.165) is 31.5 Å². The standard InChI is InChI=1S/C30H39N5O6/c1-19-5-3-4-6-23(19)32-29(39)33-24-8-7-20(18-26(24)41-2)17-25(36)27(21-9-13-31-14-10-21)34-30(40)35-15-11-22(12-16-35)28(37)38/h3-8,18,21-22,27,31H,9-17H2,1-2H3,(H,34,40)(H,37,38)(H2,32,33,39). The van der Waals surface area contributed by atoms with E-state index in [1.54, 1.807) is 23.1 Å². The molecule has 2 saturated heterocycles. The number of benzene rings is 2. The predicted molar refractivity (Wildman–Crippen MR) is 155 cm³/mol. The summed E-state index contributed by atoms with van der Waals surface area (Å²) in [5.74, 6) is -0.972. The van der Waals surface area contributed by atoms with Crippen LogP contribution in [0.25, 0.3) is 0 Å². The Morgan fingerprint density at radius 2 is 1.68 bits per heavy atom. The zero-order valence-corrected chi connectivity index (χ0v) is 23.6. The number of nitrogens with one attached hydrogen (secondary N) is 4. The first kappa shape index (κ1) is 29.9. The van der Waals surface area contributed by atoms with Gasteiger partial charge in [0.15, 0.2) is 5.78 Å². The summed E-state index contributed by atoms with van der Waals surface area (Å²) in [5.41, 5.74) is 2.79. The Morgan fingerprint density at radius 3 is 2.34 bits per heavy atom. The van der Waals surface area contributed by atoms with Crippen LogP contribution in [0.3, 0.4) is 0 Å². The lowest BCUT2D eigenvalue weighted by molar-refractivity contribution is -0.143. The normalized spacial score (nSPS) is 16.9. The number of carboxylic acids is 1. The lowest BCUT2D eigenvalue weighted by Gasteiger charge is -2.34. The molecule has 0 radical (unpaired) electrons. The molecule has 1 unspecified atom stereocenters. The highest BCUT2D eigenvalue weighted by Crippen LogP contribution is 2.28. The lowest BCUT2D eigenvalue weighted by Crippen LogP contribution is -2.54. The van der Waals surface area contributed by atoms with Gasteiger partial charge in [-0.25, -0.2) is 9.59 Å². The predicted octanol–water partition coefficient (Wildman–Crippen LogP) is 3.63. The monoisotopic (exact) mass is 565 g/mol. The number of urea groups is 2. The van der Waals surface area contributed by atoms with Crippen molar-refractivity contribution in [3.8, 4) is 5.75 Å². The fourth-order valence-corrected chi connectivity index (χ4v) is 5.44. The SMILES string of the molecule is COc1cc(CC(=O)C(NC(=O)N2CCC(C(=O)O)CC2)C2CCNCC2)ccc1NC(=O)Nc1ccccc1C. The molecule has 0 aromatic heterocycles. The summed E-state index contributed by atoms with van der Waals surface area (Å²) in [6.07, 6.45) is 2.41. The van der Waals surface area contributed by atoms with Gasteiger partial charge in [0, 0.05) is 25.2 Å². The number of likely N-dealkylation sites (tertiary alicyclic amines) is 1. The molecule has 2 aliphatic rings. The van der Waals surface area contributed by atoms with Crippen LogP contribution in [0.2, 0.25) is 0 Å². The zero-order valence-electron chi connectivity index (χ0n) is 23.6. The number of nitrogens with zero attached hydrogens (tertiary/aromatic N) is 1. The average molecular weight is 566 g/mol. The second-order valence-electron chi connectivity index (χ2n) is 10.7. The fourth-order valence-electron chi connectivity index (χ4n) is 5.44. The van der Waals surface area contributed by atoms with E-state index in [0.29, 0.717) is 48.6 Å². The molecule has 5 N–H and O–H groups in total. The van der Waals surface area contributed by atoms with Crippen LogP contribution in [0.15, 0.2) is 42.5 Å². The van der Waals surface area contributed by atoms with Crippen LogP contribution in [-0.4, -0.2) is 73.2 Å². The molecule has 4 rings (SSSR count). The molecule has 11 nitrogen and oxygen atoms in total. The Bertz CT molecular complexity index is 1250. The molecule has 220 valence electrons. The molecule has 2 aromatic rings. The van der Waals surface area contributed by atoms with Crippen molar-refractivity contribution in [3.05, 3.63) is 53.6 Å². The minimum atomic E-state index is -0.837. The molecule has 1 atom stereocenters. The molecule has 4 amide bonds. The largest absolute Gasteiger partial charge is 0.495 e. The number of carbonyl (C=O) groups excluding carboxylic acids is 3. The second kappa shape index (κ2) is 14.0. The van der Waals surface area contributed by atoms with Gasteiger partial charge in [-0.3, -0.25) is 9.59 Å². The summed E-state index contributed by atoms with van der Waals surface area (Å²) in [5, 5.41) is 21.2. The summed E-state index contributed by atoms with van der Waals surface area (Å²) in [7, 11) is 1.50. The molecule has 2 heterocycles. The van der Waals surface area contributed by atoms with Crippen molar-refractivity contribution >= 4 is 35.2 Å². The van der Waals surface area contributed by atoms with Gasteiger partial charge in [0.1, 0.15) is 5.75 Å². The van der Waals surface area contributed by atoms with Gasteiger partial charge in [-0.05, 0) is 80.9 Å². The number of anilines is 2. The molecule has 0 bridgehead atoms. The van der Waals surface area contributed by atoms with Crippen molar-refractivity contribution in [1.29, 1.82) is 0 Å². The molecule has 2 aromatic carbocycles. The van der Waals surface area contributed by atoms with Gasteiger partial charge in [-0.15, -0.1) is 0 Å². The maximum atomic E-state index is 13.6. The molecule has 11 heteroatoms.